The lowest BCUT2D eigenvalue weighted by atomic mass is 10.0. The Labute approximate surface area is 121 Å². The molecule has 0 spiro atoms. The highest BCUT2D eigenvalue weighted by atomic mass is 16.2. The van der Waals surface area contributed by atoms with Crippen molar-refractivity contribution in [3.8, 4) is 0 Å². The topological polar surface area (TPSA) is 44.4 Å². The van der Waals surface area contributed by atoms with Gasteiger partial charge in [0.15, 0.2) is 0 Å². The molecular formula is C16H25N3O. The molecule has 4 heteroatoms. The van der Waals surface area contributed by atoms with Crippen molar-refractivity contribution in [3.05, 3.63) is 29.8 Å². The zero-order valence-corrected chi connectivity index (χ0v) is 12.6. The van der Waals surface area contributed by atoms with Crippen LogP contribution in [0, 0.1) is 0 Å². The zero-order valence-electron chi connectivity index (χ0n) is 12.6. The van der Waals surface area contributed by atoms with Crippen LogP contribution in [0.3, 0.4) is 0 Å². The van der Waals surface area contributed by atoms with Gasteiger partial charge in [0, 0.05) is 24.8 Å². The van der Waals surface area contributed by atoms with E-state index in [1.54, 1.807) is 0 Å². The molecule has 1 amide bonds. The monoisotopic (exact) mass is 275 g/mol. The number of benzene rings is 1. The fourth-order valence-electron chi connectivity index (χ4n) is 2.78. The summed E-state index contributed by atoms with van der Waals surface area (Å²) >= 11 is 0. The van der Waals surface area contributed by atoms with Crippen LogP contribution in [0.15, 0.2) is 24.3 Å². The normalized spacial score (nSPS) is 18.5. The summed E-state index contributed by atoms with van der Waals surface area (Å²) in [7, 11) is 0. The van der Waals surface area contributed by atoms with E-state index >= 15 is 0 Å². The van der Waals surface area contributed by atoms with Crippen LogP contribution in [0.5, 0.6) is 0 Å². The Balaban J connectivity index is 1.93. The van der Waals surface area contributed by atoms with E-state index in [2.05, 4.69) is 36.3 Å². The highest BCUT2D eigenvalue weighted by Gasteiger charge is 2.28. The molecule has 0 fully saturated rings. The molecule has 110 valence electrons. The fraction of sp³-hybridized carbons (Fsp3) is 0.562. The summed E-state index contributed by atoms with van der Waals surface area (Å²) in [4.78, 5) is 14.7. The zero-order chi connectivity index (χ0) is 14.5. The molecule has 1 aliphatic heterocycles. The molecule has 20 heavy (non-hydrogen) atoms. The number of nitrogens with zero attached hydrogens (tertiary/aromatic N) is 1. The van der Waals surface area contributed by atoms with Crippen LogP contribution < -0.4 is 10.6 Å². The average Bonchev–Trinajstić information content (AvgIpc) is 2.88. The first-order valence-electron chi connectivity index (χ1n) is 7.51. The van der Waals surface area contributed by atoms with Crippen LogP contribution >= 0.6 is 0 Å². The number of para-hydroxylation sites is 1. The minimum Gasteiger partial charge on any atom is -0.384 e. The van der Waals surface area contributed by atoms with Crippen molar-refractivity contribution in [1.82, 2.24) is 10.2 Å². The Kier molecular flexibility index (Phi) is 5.01. The maximum Gasteiger partial charge on any atom is 0.229 e. The molecule has 0 aromatic heterocycles. The summed E-state index contributed by atoms with van der Waals surface area (Å²) in [5.41, 5.74) is 2.20. The molecule has 2 rings (SSSR count). The third-order valence-corrected chi connectivity index (χ3v) is 3.96. The number of fused-ring (bicyclic) bond motifs is 1. The molecule has 2 N–H and O–H groups in total. The first kappa shape index (κ1) is 14.9. The number of carbonyl (C=O) groups excluding carboxylic acids is 1. The molecule has 0 bridgehead atoms. The van der Waals surface area contributed by atoms with E-state index in [9.17, 15) is 4.79 Å². The predicted octanol–water partition coefficient (Wildman–Crippen LogP) is 2.04. The quantitative estimate of drug-likeness (QED) is 0.835. The summed E-state index contributed by atoms with van der Waals surface area (Å²) in [6, 6.07) is 8.23. The predicted molar refractivity (Wildman–Crippen MR) is 83.1 cm³/mol. The van der Waals surface area contributed by atoms with Gasteiger partial charge >= 0.3 is 0 Å². The largest absolute Gasteiger partial charge is 0.384 e. The van der Waals surface area contributed by atoms with Gasteiger partial charge in [-0.05, 0) is 31.6 Å². The fourth-order valence-corrected chi connectivity index (χ4v) is 2.78. The first-order chi connectivity index (χ1) is 9.65. The van der Waals surface area contributed by atoms with Gasteiger partial charge in [0.1, 0.15) is 0 Å². The van der Waals surface area contributed by atoms with E-state index in [0.717, 1.165) is 30.9 Å². The van der Waals surface area contributed by atoms with Gasteiger partial charge in [-0.3, -0.25) is 4.79 Å². The van der Waals surface area contributed by atoms with E-state index in [1.807, 2.05) is 24.3 Å². The highest BCUT2D eigenvalue weighted by molar-refractivity contribution is 5.88. The van der Waals surface area contributed by atoms with Crippen molar-refractivity contribution in [2.24, 2.45) is 0 Å². The van der Waals surface area contributed by atoms with Crippen molar-refractivity contribution in [2.45, 2.75) is 32.7 Å². The highest BCUT2D eigenvalue weighted by Crippen LogP contribution is 2.30. The van der Waals surface area contributed by atoms with Crippen molar-refractivity contribution in [2.75, 3.05) is 31.5 Å². The number of amides is 1. The second kappa shape index (κ2) is 6.75. The van der Waals surface area contributed by atoms with E-state index in [1.165, 1.54) is 0 Å². The Morgan fingerprint density at radius 2 is 2.10 bits per heavy atom. The Bertz CT molecular complexity index is 457. The van der Waals surface area contributed by atoms with Gasteiger partial charge in [-0.2, -0.15) is 0 Å². The van der Waals surface area contributed by atoms with Crippen LogP contribution in [-0.2, 0) is 4.79 Å². The van der Waals surface area contributed by atoms with Gasteiger partial charge in [-0.25, -0.2) is 0 Å². The van der Waals surface area contributed by atoms with Gasteiger partial charge in [-0.1, -0.05) is 32.0 Å². The number of hydrogen-bond acceptors (Lipinski definition) is 3. The summed E-state index contributed by atoms with van der Waals surface area (Å²) in [6.07, 6.45) is 0. The summed E-state index contributed by atoms with van der Waals surface area (Å²) in [5, 5.41) is 6.44. The molecule has 0 aliphatic carbocycles. The number of likely N-dealkylation sites (N-methyl/N-ethyl adjacent to an activating group) is 1. The van der Waals surface area contributed by atoms with Crippen LogP contribution in [0.1, 0.15) is 32.3 Å². The molecule has 0 saturated heterocycles. The van der Waals surface area contributed by atoms with Gasteiger partial charge in [0.05, 0.1) is 5.92 Å². The van der Waals surface area contributed by atoms with E-state index in [-0.39, 0.29) is 17.9 Å². The molecule has 2 unspecified atom stereocenters. The summed E-state index contributed by atoms with van der Waals surface area (Å²) in [6.45, 7) is 10.0. The summed E-state index contributed by atoms with van der Waals surface area (Å²) < 4.78 is 0. The van der Waals surface area contributed by atoms with Crippen LogP contribution in [0.25, 0.3) is 0 Å². The summed E-state index contributed by atoms with van der Waals surface area (Å²) in [5.74, 6) is 0.0625. The molecule has 1 aromatic rings. The van der Waals surface area contributed by atoms with Crippen LogP contribution in [0.4, 0.5) is 5.69 Å². The van der Waals surface area contributed by atoms with E-state index in [0.29, 0.717) is 6.54 Å². The minimum absolute atomic E-state index is 0.0645. The van der Waals surface area contributed by atoms with Crippen molar-refractivity contribution < 1.29 is 4.79 Å². The standard InChI is InChI=1S/C16H25N3O/c1-4-19(5-2)11-12(3)18-16(20)14-10-17-15-9-7-6-8-13(14)15/h6-9,12,14,17H,4-5,10-11H2,1-3H3,(H,18,20). The Morgan fingerprint density at radius 1 is 1.40 bits per heavy atom. The van der Waals surface area contributed by atoms with Gasteiger partial charge in [0.25, 0.3) is 0 Å². The maximum atomic E-state index is 12.4. The third-order valence-electron chi connectivity index (χ3n) is 3.96. The molecule has 1 heterocycles. The van der Waals surface area contributed by atoms with Gasteiger partial charge < -0.3 is 15.5 Å². The van der Waals surface area contributed by atoms with E-state index < -0.39 is 0 Å². The Morgan fingerprint density at radius 3 is 2.80 bits per heavy atom. The second-order valence-corrected chi connectivity index (χ2v) is 5.42. The molecule has 4 nitrogen and oxygen atoms in total. The lowest BCUT2D eigenvalue weighted by Gasteiger charge is -2.24. The molecule has 1 aliphatic rings. The molecule has 1 aromatic carbocycles. The Hall–Kier alpha value is -1.55. The van der Waals surface area contributed by atoms with Crippen molar-refractivity contribution in [1.29, 1.82) is 0 Å². The lowest BCUT2D eigenvalue weighted by molar-refractivity contribution is -0.122. The average molecular weight is 275 g/mol. The molecule has 0 saturated carbocycles. The minimum atomic E-state index is -0.0645. The van der Waals surface area contributed by atoms with Gasteiger partial charge in [0.2, 0.25) is 5.91 Å². The number of nitrogens with one attached hydrogen (secondary N) is 2. The second-order valence-electron chi connectivity index (χ2n) is 5.42. The van der Waals surface area contributed by atoms with Crippen LogP contribution in [-0.4, -0.2) is 43.0 Å². The maximum absolute atomic E-state index is 12.4. The number of anilines is 1. The number of hydrogen-bond donors (Lipinski definition) is 2. The SMILES string of the molecule is CCN(CC)CC(C)NC(=O)C1CNc2ccccc21. The lowest BCUT2D eigenvalue weighted by Crippen LogP contribution is -2.44. The van der Waals surface area contributed by atoms with Crippen LogP contribution in [0.2, 0.25) is 0 Å². The van der Waals surface area contributed by atoms with Crippen molar-refractivity contribution in [3.63, 3.8) is 0 Å². The smallest absolute Gasteiger partial charge is 0.229 e. The molecular weight excluding hydrogens is 250 g/mol. The number of rotatable bonds is 6. The van der Waals surface area contributed by atoms with Gasteiger partial charge in [-0.15, -0.1) is 0 Å². The third kappa shape index (κ3) is 3.31. The first-order valence-corrected chi connectivity index (χ1v) is 7.51. The number of carbonyl (C=O) groups is 1. The van der Waals surface area contributed by atoms with Crippen molar-refractivity contribution >= 4 is 11.6 Å². The molecule has 0 radical (unpaired) electrons. The van der Waals surface area contributed by atoms with E-state index in [4.69, 9.17) is 0 Å². The molecule has 2 atom stereocenters.